The zero-order valence-electron chi connectivity index (χ0n) is 11.2. The molecule has 0 aliphatic carbocycles. The van der Waals surface area contributed by atoms with E-state index in [1.54, 1.807) is 14.0 Å². The second kappa shape index (κ2) is 5.26. The number of imide groups is 2. The number of nitrogens with zero attached hydrogens (tertiary/aromatic N) is 1. The summed E-state index contributed by atoms with van der Waals surface area (Å²) in [5, 5.41) is 4.38. The lowest BCUT2D eigenvalue weighted by molar-refractivity contribution is -0.150. The molecule has 0 aromatic heterocycles. The average Bonchev–Trinajstić information content (AvgIpc) is 2.39. The Morgan fingerprint density at radius 2 is 1.74 bits per heavy atom. The van der Waals surface area contributed by atoms with Gasteiger partial charge < -0.3 is 4.74 Å². The van der Waals surface area contributed by atoms with Gasteiger partial charge in [0.15, 0.2) is 5.54 Å². The lowest BCUT2D eigenvalue weighted by Gasteiger charge is -2.45. The molecule has 0 unspecified atom stereocenters. The highest BCUT2D eigenvalue weighted by Gasteiger charge is 2.53. The summed E-state index contributed by atoms with van der Waals surface area (Å²) in [5.74, 6) is -1.06. The third-order valence-corrected chi connectivity index (χ3v) is 4.03. The molecule has 0 aromatic carbocycles. The summed E-state index contributed by atoms with van der Waals surface area (Å²) in [7, 11) is 1.66. The quantitative estimate of drug-likeness (QED) is 0.681. The topological polar surface area (TPSA) is 87.7 Å². The fourth-order valence-corrected chi connectivity index (χ4v) is 2.85. The van der Waals surface area contributed by atoms with Gasteiger partial charge in [0.05, 0.1) is 6.10 Å². The van der Waals surface area contributed by atoms with Crippen molar-refractivity contribution < 1.29 is 19.1 Å². The van der Waals surface area contributed by atoms with Crippen LogP contribution in [0.5, 0.6) is 0 Å². The smallest absolute Gasteiger partial charge is 0.328 e. The second-order valence-electron chi connectivity index (χ2n) is 4.87. The maximum atomic E-state index is 12.2. The molecule has 2 aliphatic rings. The van der Waals surface area contributed by atoms with Crippen molar-refractivity contribution in [3.05, 3.63) is 0 Å². The average molecular weight is 269 g/mol. The number of carbonyl (C=O) groups excluding carboxylic acids is 3. The van der Waals surface area contributed by atoms with Gasteiger partial charge in [-0.05, 0) is 19.3 Å². The highest BCUT2D eigenvalue weighted by Crippen LogP contribution is 2.27. The minimum Gasteiger partial charge on any atom is -0.381 e. The van der Waals surface area contributed by atoms with Gasteiger partial charge in [0, 0.05) is 20.2 Å². The Labute approximate surface area is 111 Å². The maximum absolute atomic E-state index is 12.2. The third-order valence-electron chi connectivity index (χ3n) is 4.03. The van der Waals surface area contributed by atoms with Crippen LogP contribution in [0.1, 0.15) is 26.2 Å². The SMILES string of the molecule is CCC1(N2CCC(OC)CC2)C(=O)NC(=O)NC1=O. The molecule has 0 aromatic rings. The molecule has 0 radical (unpaired) electrons. The molecule has 0 saturated carbocycles. The van der Waals surface area contributed by atoms with Crippen LogP contribution in [0.25, 0.3) is 0 Å². The number of rotatable bonds is 3. The molecule has 0 bridgehead atoms. The monoisotopic (exact) mass is 269 g/mol. The highest BCUT2D eigenvalue weighted by atomic mass is 16.5. The van der Waals surface area contributed by atoms with Crippen LogP contribution in [-0.4, -0.2) is 54.6 Å². The summed E-state index contributed by atoms with van der Waals surface area (Å²) in [6, 6.07) is -0.745. The number of methoxy groups -OCH3 is 1. The van der Waals surface area contributed by atoms with Crippen molar-refractivity contribution in [2.24, 2.45) is 0 Å². The number of carbonyl (C=O) groups is 3. The van der Waals surface area contributed by atoms with Crippen LogP contribution in [-0.2, 0) is 14.3 Å². The molecule has 7 nitrogen and oxygen atoms in total. The minimum atomic E-state index is -1.27. The van der Waals surface area contributed by atoms with Crippen molar-refractivity contribution >= 4 is 17.8 Å². The summed E-state index contributed by atoms with van der Waals surface area (Å²) >= 11 is 0. The molecule has 2 aliphatic heterocycles. The van der Waals surface area contributed by atoms with Crippen LogP contribution in [0.15, 0.2) is 0 Å². The molecular formula is C12H19N3O4. The summed E-state index contributed by atoms with van der Waals surface area (Å²) in [6.45, 7) is 2.97. The van der Waals surface area contributed by atoms with E-state index in [1.165, 1.54) is 0 Å². The largest absolute Gasteiger partial charge is 0.381 e. The van der Waals surface area contributed by atoms with Crippen LogP contribution >= 0.6 is 0 Å². The molecule has 2 rings (SSSR count). The lowest BCUT2D eigenvalue weighted by Crippen LogP contribution is -2.73. The van der Waals surface area contributed by atoms with E-state index in [0.717, 1.165) is 12.8 Å². The van der Waals surface area contributed by atoms with Gasteiger partial charge in [-0.25, -0.2) is 4.79 Å². The van der Waals surface area contributed by atoms with E-state index in [1.807, 2.05) is 4.90 Å². The number of ether oxygens (including phenoxy) is 1. The number of barbiturate groups is 1. The molecule has 0 atom stereocenters. The van der Waals surface area contributed by atoms with Crippen molar-refractivity contribution in [2.45, 2.75) is 37.8 Å². The summed E-state index contributed by atoms with van der Waals surface area (Å²) in [4.78, 5) is 37.3. The van der Waals surface area contributed by atoms with Gasteiger partial charge in [-0.1, -0.05) is 6.92 Å². The molecule has 4 amide bonds. The normalized spacial score (nSPS) is 25.1. The van der Waals surface area contributed by atoms with Crippen molar-refractivity contribution in [3.8, 4) is 0 Å². The van der Waals surface area contributed by atoms with Gasteiger partial charge in [-0.3, -0.25) is 25.1 Å². The van der Waals surface area contributed by atoms with E-state index >= 15 is 0 Å². The number of hydrogen-bond donors (Lipinski definition) is 2. The minimum absolute atomic E-state index is 0.168. The van der Waals surface area contributed by atoms with E-state index in [2.05, 4.69) is 10.6 Å². The molecule has 7 heteroatoms. The first-order chi connectivity index (χ1) is 9.04. The number of likely N-dealkylation sites (tertiary alicyclic amines) is 1. The first-order valence-electron chi connectivity index (χ1n) is 6.49. The van der Waals surface area contributed by atoms with Crippen molar-refractivity contribution in [1.82, 2.24) is 15.5 Å². The molecule has 2 heterocycles. The van der Waals surface area contributed by atoms with Crippen LogP contribution in [0, 0.1) is 0 Å². The van der Waals surface area contributed by atoms with E-state index < -0.39 is 23.4 Å². The first kappa shape index (κ1) is 14.0. The van der Waals surface area contributed by atoms with Gasteiger partial charge >= 0.3 is 6.03 Å². The van der Waals surface area contributed by atoms with E-state index in [0.29, 0.717) is 19.5 Å². The van der Waals surface area contributed by atoms with Gasteiger partial charge in [0.1, 0.15) is 0 Å². The molecule has 2 fully saturated rings. The zero-order valence-corrected chi connectivity index (χ0v) is 11.2. The second-order valence-corrected chi connectivity index (χ2v) is 4.87. The molecular weight excluding hydrogens is 250 g/mol. The predicted octanol–water partition coefficient (Wildman–Crippen LogP) is -0.388. The third kappa shape index (κ3) is 2.23. The zero-order chi connectivity index (χ0) is 14.0. The number of piperidine rings is 1. The van der Waals surface area contributed by atoms with Gasteiger partial charge in [0.2, 0.25) is 0 Å². The van der Waals surface area contributed by atoms with Crippen LogP contribution in [0.3, 0.4) is 0 Å². The van der Waals surface area contributed by atoms with Crippen molar-refractivity contribution in [2.75, 3.05) is 20.2 Å². The fourth-order valence-electron chi connectivity index (χ4n) is 2.85. The van der Waals surface area contributed by atoms with Gasteiger partial charge in [-0.2, -0.15) is 0 Å². The number of hydrogen-bond acceptors (Lipinski definition) is 5. The molecule has 2 N–H and O–H groups in total. The van der Waals surface area contributed by atoms with Crippen LogP contribution < -0.4 is 10.6 Å². The van der Waals surface area contributed by atoms with E-state index in [9.17, 15) is 14.4 Å². The first-order valence-corrected chi connectivity index (χ1v) is 6.49. The Kier molecular flexibility index (Phi) is 3.86. The summed E-state index contributed by atoms with van der Waals surface area (Å²) in [6.07, 6.45) is 2.04. The molecule has 2 saturated heterocycles. The summed E-state index contributed by atoms with van der Waals surface area (Å²) in [5.41, 5.74) is -1.27. The van der Waals surface area contributed by atoms with Crippen LogP contribution in [0.4, 0.5) is 4.79 Å². The Morgan fingerprint density at radius 1 is 1.21 bits per heavy atom. The lowest BCUT2D eigenvalue weighted by atomic mass is 9.87. The van der Waals surface area contributed by atoms with Crippen LogP contribution in [0.2, 0.25) is 0 Å². The Morgan fingerprint density at radius 3 is 2.16 bits per heavy atom. The number of urea groups is 1. The summed E-state index contributed by atoms with van der Waals surface area (Å²) < 4.78 is 5.28. The Hall–Kier alpha value is -1.47. The standard InChI is InChI=1S/C12H19N3O4/c1-3-12(9(16)13-11(18)14-10(12)17)15-6-4-8(19-2)5-7-15/h8H,3-7H2,1-2H3,(H2,13,14,16,17,18). The van der Waals surface area contributed by atoms with Crippen molar-refractivity contribution in [1.29, 1.82) is 0 Å². The molecule has 106 valence electrons. The predicted molar refractivity (Wildman–Crippen MR) is 66.3 cm³/mol. The Bertz CT molecular complexity index is 382. The highest BCUT2D eigenvalue weighted by molar-refractivity contribution is 6.22. The van der Waals surface area contributed by atoms with E-state index in [-0.39, 0.29) is 6.10 Å². The Balaban J connectivity index is 2.20. The fraction of sp³-hybridized carbons (Fsp3) is 0.750. The molecule has 19 heavy (non-hydrogen) atoms. The number of nitrogens with one attached hydrogen (secondary N) is 2. The van der Waals surface area contributed by atoms with Gasteiger partial charge in [0.25, 0.3) is 11.8 Å². The van der Waals surface area contributed by atoms with Crippen molar-refractivity contribution in [3.63, 3.8) is 0 Å². The number of amides is 4. The van der Waals surface area contributed by atoms with E-state index in [4.69, 9.17) is 4.74 Å². The maximum Gasteiger partial charge on any atom is 0.328 e. The van der Waals surface area contributed by atoms with Gasteiger partial charge in [-0.15, -0.1) is 0 Å². The molecule has 0 spiro atoms.